The van der Waals surface area contributed by atoms with Crippen LogP contribution >= 0.6 is 0 Å². The fraction of sp³-hybridized carbons (Fsp3) is 0.400. The molecule has 4 nitrogen and oxygen atoms in total. The van der Waals surface area contributed by atoms with Gasteiger partial charge in [0.15, 0.2) is 0 Å². The first-order valence-electron chi connectivity index (χ1n) is 6.22. The van der Waals surface area contributed by atoms with E-state index in [9.17, 15) is 9.90 Å². The van der Waals surface area contributed by atoms with Crippen LogP contribution in [0.2, 0.25) is 0 Å². The maximum atomic E-state index is 12.3. The van der Waals surface area contributed by atoms with Crippen LogP contribution in [0.25, 0.3) is 5.57 Å². The molecule has 2 rings (SSSR count). The topological polar surface area (TPSA) is 49.8 Å². The lowest BCUT2D eigenvalue weighted by atomic mass is 9.91. The van der Waals surface area contributed by atoms with Gasteiger partial charge >= 0.3 is 0 Å². The number of amides is 1. The molecule has 0 atom stereocenters. The Labute approximate surface area is 113 Å². The summed E-state index contributed by atoms with van der Waals surface area (Å²) in [6.45, 7) is 7.34. The van der Waals surface area contributed by atoms with Gasteiger partial charge < -0.3 is 5.11 Å². The van der Waals surface area contributed by atoms with Crippen molar-refractivity contribution < 1.29 is 14.7 Å². The smallest absolute Gasteiger partial charge is 0.281 e. The molecule has 102 valence electrons. The number of aryl methyl sites for hydroxylation is 2. The second-order valence-electron chi connectivity index (χ2n) is 5.45. The van der Waals surface area contributed by atoms with Crippen LogP contribution in [0.15, 0.2) is 24.0 Å². The molecule has 1 amide bonds. The zero-order chi connectivity index (χ0) is 14.4. The van der Waals surface area contributed by atoms with E-state index < -0.39 is 5.60 Å². The van der Waals surface area contributed by atoms with Crippen molar-refractivity contribution in [2.24, 2.45) is 0 Å². The Bertz CT molecular complexity index is 573. The molecular formula is C15H19NO3. The lowest BCUT2D eigenvalue weighted by Crippen LogP contribution is -2.45. The van der Waals surface area contributed by atoms with Gasteiger partial charge in [0.25, 0.3) is 5.91 Å². The molecule has 1 aliphatic heterocycles. The molecule has 0 saturated carbocycles. The van der Waals surface area contributed by atoms with E-state index in [0.717, 1.165) is 16.7 Å². The Morgan fingerprint density at radius 1 is 1.26 bits per heavy atom. The first-order chi connectivity index (χ1) is 8.74. The van der Waals surface area contributed by atoms with Gasteiger partial charge in [-0.15, -0.1) is 0 Å². The third-order valence-corrected chi connectivity index (χ3v) is 3.33. The molecule has 0 saturated heterocycles. The second kappa shape index (κ2) is 4.38. The molecule has 4 heteroatoms. The van der Waals surface area contributed by atoms with Gasteiger partial charge in [-0.2, -0.15) is 0 Å². The molecule has 1 N–H and O–H groups in total. The summed E-state index contributed by atoms with van der Waals surface area (Å²) in [6, 6.07) is 5.84. The van der Waals surface area contributed by atoms with E-state index >= 15 is 0 Å². The van der Waals surface area contributed by atoms with Gasteiger partial charge in [-0.3, -0.25) is 9.63 Å². The molecule has 0 spiro atoms. The Morgan fingerprint density at radius 3 is 2.53 bits per heavy atom. The van der Waals surface area contributed by atoms with E-state index in [-0.39, 0.29) is 11.7 Å². The Kier molecular flexibility index (Phi) is 3.14. The van der Waals surface area contributed by atoms with E-state index in [1.54, 1.807) is 20.9 Å². The molecule has 1 aromatic carbocycles. The summed E-state index contributed by atoms with van der Waals surface area (Å²) in [5.41, 5.74) is 2.16. The number of aliphatic hydroxyl groups excluding tert-OH is 1. The number of aliphatic hydroxyl groups is 1. The molecule has 0 bridgehead atoms. The van der Waals surface area contributed by atoms with Crippen molar-refractivity contribution >= 4 is 11.5 Å². The minimum atomic E-state index is -0.909. The Morgan fingerprint density at radius 2 is 1.89 bits per heavy atom. The van der Waals surface area contributed by atoms with Gasteiger partial charge in [-0.1, -0.05) is 23.8 Å². The highest BCUT2D eigenvalue weighted by molar-refractivity contribution is 6.20. The fourth-order valence-corrected chi connectivity index (χ4v) is 2.23. The molecule has 0 aromatic heterocycles. The summed E-state index contributed by atoms with van der Waals surface area (Å²) in [7, 11) is 1.56. The highest BCUT2D eigenvalue weighted by atomic mass is 16.7. The van der Waals surface area contributed by atoms with Crippen LogP contribution in [0, 0.1) is 13.8 Å². The average Bonchev–Trinajstić information content (AvgIpc) is 2.31. The largest absolute Gasteiger partial charge is 0.508 e. The van der Waals surface area contributed by atoms with Gasteiger partial charge in [0, 0.05) is 7.05 Å². The number of hydrogen-bond donors (Lipinski definition) is 1. The van der Waals surface area contributed by atoms with Crippen molar-refractivity contribution in [2.75, 3.05) is 7.05 Å². The van der Waals surface area contributed by atoms with Gasteiger partial charge in [0.1, 0.15) is 11.4 Å². The zero-order valence-corrected chi connectivity index (χ0v) is 11.9. The predicted octanol–water partition coefficient (Wildman–Crippen LogP) is 2.75. The molecule has 1 aromatic rings. The van der Waals surface area contributed by atoms with Crippen LogP contribution in [0.3, 0.4) is 0 Å². The summed E-state index contributed by atoms with van der Waals surface area (Å²) in [4.78, 5) is 17.7. The van der Waals surface area contributed by atoms with Crippen molar-refractivity contribution in [3.05, 3.63) is 40.6 Å². The lowest BCUT2D eigenvalue weighted by Gasteiger charge is -2.36. The highest BCUT2D eigenvalue weighted by Crippen LogP contribution is 2.35. The summed E-state index contributed by atoms with van der Waals surface area (Å²) in [5, 5.41) is 11.5. The van der Waals surface area contributed by atoms with Gasteiger partial charge in [-0.25, -0.2) is 5.06 Å². The number of nitrogens with zero attached hydrogens (tertiary/aromatic N) is 1. The van der Waals surface area contributed by atoms with Crippen molar-refractivity contribution in [3.63, 3.8) is 0 Å². The lowest BCUT2D eigenvalue weighted by molar-refractivity contribution is -0.218. The minimum absolute atomic E-state index is 0.0238. The first-order valence-corrected chi connectivity index (χ1v) is 6.22. The standard InChI is InChI=1S/C15H19NO3/c1-9-6-7-10(2)11(8-9)12-13(17)15(3,4)19-16(5)14(12)18/h6-8,17H,1-5H3. The van der Waals surface area contributed by atoms with Crippen LogP contribution < -0.4 is 0 Å². The average molecular weight is 261 g/mol. The summed E-state index contributed by atoms with van der Waals surface area (Å²) < 4.78 is 0. The van der Waals surface area contributed by atoms with E-state index in [2.05, 4.69) is 0 Å². The molecule has 0 fully saturated rings. The van der Waals surface area contributed by atoms with E-state index in [1.165, 1.54) is 5.06 Å². The molecule has 0 aliphatic carbocycles. The number of rotatable bonds is 1. The third kappa shape index (κ3) is 2.24. The molecule has 0 radical (unpaired) electrons. The van der Waals surface area contributed by atoms with Crippen LogP contribution in [-0.2, 0) is 9.63 Å². The molecule has 19 heavy (non-hydrogen) atoms. The monoisotopic (exact) mass is 261 g/mol. The second-order valence-corrected chi connectivity index (χ2v) is 5.45. The Balaban J connectivity index is 2.70. The molecule has 0 unspecified atom stereocenters. The third-order valence-electron chi connectivity index (χ3n) is 3.33. The van der Waals surface area contributed by atoms with Crippen molar-refractivity contribution in [3.8, 4) is 0 Å². The number of hydrogen-bond acceptors (Lipinski definition) is 3. The minimum Gasteiger partial charge on any atom is -0.508 e. The zero-order valence-electron chi connectivity index (χ0n) is 11.9. The predicted molar refractivity (Wildman–Crippen MR) is 73.4 cm³/mol. The fourth-order valence-electron chi connectivity index (χ4n) is 2.23. The van der Waals surface area contributed by atoms with Crippen LogP contribution in [-0.4, -0.2) is 28.7 Å². The SMILES string of the molecule is Cc1ccc(C)c(C2=C(O)C(C)(C)ON(C)C2=O)c1. The summed E-state index contributed by atoms with van der Waals surface area (Å²) in [6.07, 6.45) is 0. The molecule has 1 aliphatic rings. The summed E-state index contributed by atoms with van der Waals surface area (Å²) in [5.74, 6) is -0.352. The number of carbonyl (C=O) groups excluding carboxylic acids is 1. The Hall–Kier alpha value is -1.81. The number of hydroxylamine groups is 2. The van der Waals surface area contributed by atoms with Crippen molar-refractivity contribution in [1.29, 1.82) is 0 Å². The quantitative estimate of drug-likeness (QED) is 0.845. The van der Waals surface area contributed by atoms with Crippen LogP contribution in [0.5, 0.6) is 0 Å². The van der Waals surface area contributed by atoms with Gasteiger partial charge in [0.05, 0.1) is 5.57 Å². The molecule has 1 heterocycles. The van der Waals surface area contributed by atoms with E-state index in [1.807, 2.05) is 32.0 Å². The maximum absolute atomic E-state index is 12.3. The van der Waals surface area contributed by atoms with Crippen molar-refractivity contribution in [1.82, 2.24) is 5.06 Å². The number of carbonyl (C=O) groups is 1. The van der Waals surface area contributed by atoms with Crippen LogP contribution in [0.4, 0.5) is 0 Å². The highest BCUT2D eigenvalue weighted by Gasteiger charge is 2.40. The van der Waals surface area contributed by atoms with E-state index in [4.69, 9.17) is 4.84 Å². The first kappa shape index (κ1) is 13.6. The number of benzene rings is 1. The maximum Gasteiger partial charge on any atom is 0.281 e. The summed E-state index contributed by atoms with van der Waals surface area (Å²) >= 11 is 0. The van der Waals surface area contributed by atoms with E-state index in [0.29, 0.717) is 5.57 Å². The van der Waals surface area contributed by atoms with Gasteiger partial charge in [0.2, 0.25) is 0 Å². The van der Waals surface area contributed by atoms with Crippen molar-refractivity contribution in [2.45, 2.75) is 33.3 Å². The van der Waals surface area contributed by atoms with Gasteiger partial charge in [-0.05, 0) is 38.8 Å². The van der Waals surface area contributed by atoms with Crippen LogP contribution in [0.1, 0.15) is 30.5 Å². The molecular weight excluding hydrogens is 242 g/mol. The normalized spacial score (nSPS) is 19.0. The number of likely N-dealkylation sites (N-methyl/N-ethyl adjacent to an activating group) is 1.